The summed E-state index contributed by atoms with van der Waals surface area (Å²) in [6, 6.07) is 23.7. The van der Waals surface area contributed by atoms with Crippen molar-refractivity contribution in [2.24, 2.45) is 0 Å². The summed E-state index contributed by atoms with van der Waals surface area (Å²) in [6.45, 7) is -0.349. The van der Waals surface area contributed by atoms with Crippen LogP contribution in [0.5, 0.6) is 11.5 Å². The second-order valence-corrected chi connectivity index (χ2v) is 8.34. The van der Waals surface area contributed by atoms with Gasteiger partial charge in [-0.3, -0.25) is 14.5 Å². The van der Waals surface area contributed by atoms with E-state index in [4.69, 9.17) is 4.74 Å². The molecule has 7 nitrogen and oxygen atoms in total. The third-order valence-corrected chi connectivity index (χ3v) is 6.08. The summed E-state index contributed by atoms with van der Waals surface area (Å²) in [7, 11) is 0. The van der Waals surface area contributed by atoms with Crippen LogP contribution in [0.4, 0.5) is 10.5 Å². The molecule has 0 radical (unpaired) electrons. The van der Waals surface area contributed by atoms with Crippen molar-refractivity contribution in [1.82, 2.24) is 10.2 Å². The maximum Gasteiger partial charge on any atom is 0.325 e. The van der Waals surface area contributed by atoms with Crippen molar-refractivity contribution in [2.75, 3.05) is 11.9 Å². The van der Waals surface area contributed by atoms with Crippen LogP contribution in [0.3, 0.4) is 0 Å². The van der Waals surface area contributed by atoms with Gasteiger partial charge in [-0.05, 0) is 48.2 Å². The number of imide groups is 1. The van der Waals surface area contributed by atoms with Gasteiger partial charge in [-0.2, -0.15) is 0 Å². The standard InChI is InChI=1S/C26H23N3O4/c30-23(27-20-9-6-12-22(15-20)33-21-10-2-1-3-11-21)17-29-24(31)26(28-25(29)32)14-13-18-7-4-5-8-19(18)16-26/h1-12,15H,13-14,16-17H2,(H,27,30)(H,28,32). The lowest BCUT2D eigenvalue weighted by molar-refractivity contribution is -0.134. The molecule has 3 aromatic carbocycles. The van der Waals surface area contributed by atoms with E-state index in [1.165, 1.54) is 5.56 Å². The summed E-state index contributed by atoms with van der Waals surface area (Å²) in [5, 5.41) is 5.60. The molecular formula is C26H23N3O4. The van der Waals surface area contributed by atoms with E-state index in [2.05, 4.69) is 10.6 Å². The van der Waals surface area contributed by atoms with Gasteiger partial charge in [-0.15, -0.1) is 0 Å². The first-order chi connectivity index (χ1) is 16.0. The highest BCUT2D eigenvalue weighted by Crippen LogP contribution is 2.33. The van der Waals surface area contributed by atoms with Crippen LogP contribution in [0.1, 0.15) is 17.5 Å². The molecule has 1 aliphatic heterocycles. The maximum atomic E-state index is 13.2. The number of rotatable bonds is 5. The molecule has 0 bridgehead atoms. The topological polar surface area (TPSA) is 87.7 Å². The van der Waals surface area contributed by atoms with E-state index < -0.39 is 17.5 Å². The van der Waals surface area contributed by atoms with Crippen LogP contribution in [0, 0.1) is 0 Å². The highest BCUT2D eigenvalue weighted by atomic mass is 16.5. The fraction of sp³-hybridized carbons (Fsp3) is 0.192. The van der Waals surface area contributed by atoms with Gasteiger partial charge < -0.3 is 15.4 Å². The number of para-hydroxylation sites is 1. The molecule has 1 spiro atoms. The first-order valence-corrected chi connectivity index (χ1v) is 10.9. The molecule has 1 fully saturated rings. The molecule has 4 amide bonds. The highest BCUT2D eigenvalue weighted by Gasteiger charge is 2.52. The minimum atomic E-state index is -0.977. The van der Waals surface area contributed by atoms with Crippen LogP contribution in [0.25, 0.3) is 0 Å². The number of amides is 4. The van der Waals surface area contributed by atoms with E-state index in [-0.39, 0.29) is 12.5 Å². The average Bonchev–Trinajstić information content (AvgIpc) is 3.03. The van der Waals surface area contributed by atoms with Gasteiger partial charge in [-0.25, -0.2) is 4.79 Å². The number of anilines is 1. The molecule has 1 atom stereocenters. The second kappa shape index (κ2) is 8.43. The number of nitrogens with one attached hydrogen (secondary N) is 2. The van der Waals surface area contributed by atoms with Gasteiger partial charge in [0.25, 0.3) is 5.91 Å². The third kappa shape index (κ3) is 4.17. The Labute approximate surface area is 191 Å². The second-order valence-electron chi connectivity index (χ2n) is 8.34. The van der Waals surface area contributed by atoms with Gasteiger partial charge in [0.15, 0.2) is 0 Å². The van der Waals surface area contributed by atoms with Crippen molar-refractivity contribution in [1.29, 1.82) is 0 Å². The smallest absolute Gasteiger partial charge is 0.325 e. The lowest BCUT2D eigenvalue weighted by Gasteiger charge is -2.32. The number of ether oxygens (including phenoxy) is 1. The Morgan fingerprint density at radius 3 is 2.48 bits per heavy atom. The van der Waals surface area contributed by atoms with Crippen LogP contribution in [-0.2, 0) is 22.4 Å². The fourth-order valence-corrected chi connectivity index (χ4v) is 4.45. The molecule has 0 saturated carbocycles. The summed E-state index contributed by atoms with van der Waals surface area (Å²) in [5.74, 6) is 0.440. The molecule has 2 aliphatic rings. The molecule has 33 heavy (non-hydrogen) atoms. The minimum absolute atomic E-state index is 0.349. The van der Waals surface area contributed by atoms with Crippen molar-refractivity contribution < 1.29 is 19.1 Å². The van der Waals surface area contributed by atoms with Crippen molar-refractivity contribution in [3.8, 4) is 11.5 Å². The van der Waals surface area contributed by atoms with Gasteiger partial charge in [0, 0.05) is 18.2 Å². The first kappa shape index (κ1) is 20.8. The lowest BCUT2D eigenvalue weighted by Crippen LogP contribution is -2.51. The molecule has 1 unspecified atom stereocenters. The zero-order chi connectivity index (χ0) is 22.8. The van der Waals surface area contributed by atoms with Crippen molar-refractivity contribution >= 4 is 23.5 Å². The molecule has 0 aromatic heterocycles. The fourth-order valence-electron chi connectivity index (χ4n) is 4.45. The van der Waals surface area contributed by atoms with Gasteiger partial charge >= 0.3 is 6.03 Å². The Bertz CT molecular complexity index is 1230. The number of benzene rings is 3. The Kier molecular flexibility index (Phi) is 5.30. The van der Waals surface area contributed by atoms with Crippen molar-refractivity contribution in [2.45, 2.75) is 24.8 Å². The predicted octanol–water partition coefficient (Wildman–Crippen LogP) is 3.90. The normalized spacial score (nSPS) is 19.2. The summed E-state index contributed by atoms with van der Waals surface area (Å²) in [5.41, 5.74) is 1.79. The summed E-state index contributed by atoms with van der Waals surface area (Å²) >= 11 is 0. The Balaban J connectivity index is 1.25. The Morgan fingerprint density at radius 2 is 1.67 bits per heavy atom. The van der Waals surface area contributed by atoms with E-state index in [9.17, 15) is 14.4 Å². The molecule has 1 saturated heterocycles. The summed E-state index contributed by atoms with van der Waals surface area (Å²) in [6.07, 6.45) is 1.66. The minimum Gasteiger partial charge on any atom is -0.457 e. The van der Waals surface area contributed by atoms with E-state index in [1.807, 2.05) is 54.6 Å². The van der Waals surface area contributed by atoms with Crippen LogP contribution in [0.15, 0.2) is 78.9 Å². The molecule has 1 heterocycles. The van der Waals surface area contributed by atoms with Crippen LogP contribution < -0.4 is 15.4 Å². The number of aryl methyl sites for hydroxylation is 1. The number of fused-ring (bicyclic) bond motifs is 1. The third-order valence-electron chi connectivity index (χ3n) is 6.08. The lowest BCUT2D eigenvalue weighted by atomic mass is 9.78. The number of carbonyl (C=O) groups is 3. The number of hydrogen-bond donors (Lipinski definition) is 2. The Morgan fingerprint density at radius 1 is 0.939 bits per heavy atom. The zero-order valence-electron chi connectivity index (χ0n) is 17.9. The largest absolute Gasteiger partial charge is 0.457 e. The van der Waals surface area contributed by atoms with Crippen LogP contribution in [0.2, 0.25) is 0 Å². The first-order valence-electron chi connectivity index (χ1n) is 10.9. The maximum absolute atomic E-state index is 13.2. The quantitative estimate of drug-likeness (QED) is 0.588. The molecule has 5 rings (SSSR count). The molecule has 166 valence electrons. The van der Waals surface area contributed by atoms with Gasteiger partial charge in [0.2, 0.25) is 5.91 Å². The Hall–Kier alpha value is -4.13. The number of urea groups is 1. The monoisotopic (exact) mass is 441 g/mol. The van der Waals surface area contributed by atoms with E-state index >= 15 is 0 Å². The van der Waals surface area contributed by atoms with Gasteiger partial charge in [0.05, 0.1) is 0 Å². The summed E-state index contributed by atoms with van der Waals surface area (Å²) < 4.78 is 5.79. The molecule has 7 heteroatoms. The molecular weight excluding hydrogens is 418 g/mol. The number of nitrogens with zero attached hydrogens (tertiary/aromatic N) is 1. The van der Waals surface area contributed by atoms with Crippen LogP contribution in [-0.4, -0.2) is 34.8 Å². The average molecular weight is 441 g/mol. The van der Waals surface area contributed by atoms with Gasteiger partial charge in [0.1, 0.15) is 23.6 Å². The molecule has 1 aliphatic carbocycles. The SMILES string of the molecule is O=C(CN1C(=O)NC2(CCc3ccccc3C2)C1=O)Nc1cccc(Oc2ccccc2)c1. The van der Waals surface area contributed by atoms with Crippen LogP contribution >= 0.6 is 0 Å². The zero-order valence-corrected chi connectivity index (χ0v) is 17.9. The number of hydrogen-bond acceptors (Lipinski definition) is 4. The predicted molar refractivity (Wildman–Crippen MR) is 123 cm³/mol. The highest BCUT2D eigenvalue weighted by molar-refractivity contribution is 6.10. The number of carbonyl (C=O) groups excluding carboxylic acids is 3. The van der Waals surface area contributed by atoms with Crippen molar-refractivity contribution in [3.63, 3.8) is 0 Å². The molecule has 2 N–H and O–H groups in total. The van der Waals surface area contributed by atoms with Crippen molar-refractivity contribution in [3.05, 3.63) is 90.0 Å². The van der Waals surface area contributed by atoms with Gasteiger partial charge in [-0.1, -0.05) is 48.5 Å². The molecule has 3 aromatic rings. The van der Waals surface area contributed by atoms with E-state index in [1.54, 1.807) is 24.3 Å². The van der Waals surface area contributed by atoms with E-state index in [0.29, 0.717) is 36.4 Å². The summed E-state index contributed by atoms with van der Waals surface area (Å²) in [4.78, 5) is 39.5. The van der Waals surface area contributed by atoms with E-state index in [0.717, 1.165) is 10.5 Å².